The van der Waals surface area contributed by atoms with Crippen LogP contribution in [0.15, 0.2) is 53.4 Å². The van der Waals surface area contributed by atoms with Gasteiger partial charge in [-0.25, -0.2) is 8.42 Å². The van der Waals surface area contributed by atoms with Crippen molar-refractivity contribution in [3.05, 3.63) is 64.2 Å². The summed E-state index contributed by atoms with van der Waals surface area (Å²) in [6.07, 6.45) is 0. The smallest absolute Gasteiger partial charge is 0.292 e. The number of carbonyl (C=O) groups is 1. The Bertz CT molecular complexity index is 931. The molecular weight excluding hydrogens is 364 g/mol. The molecule has 0 heterocycles. The van der Waals surface area contributed by atoms with Crippen molar-refractivity contribution in [3.63, 3.8) is 0 Å². The standard InChI is InChI=1S/C15H16N4O6S/c1-18(25-2)26(23,24)12-7-5-6-11(10-12)15(20)17-16-13-8-3-4-9-14(13)19(21)22/h3-10,16H,1-2H3,(H,17,20). The van der Waals surface area contributed by atoms with Crippen molar-refractivity contribution in [1.29, 1.82) is 0 Å². The van der Waals surface area contributed by atoms with Gasteiger partial charge in [-0.15, -0.1) is 0 Å². The molecule has 0 saturated carbocycles. The highest BCUT2D eigenvalue weighted by molar-refractivity contribution is 7.89. The molecule has 0 aliphatic rings. The number of hydrogen-bond acceptors (Lipinski definition) is 7. The number of para-hydroxylation sites is 2. The summed E-state index contributed by atoms with van der Waals surface area (Å²) in [7, 11) is -1.49. The van der Waals surface area contributed by atoms with Gasteiger partial charge in [-0.05, 0) is 24.3 Å². The number of amides is 1. The molecule has 0 aliphatic heterocycles. The number of carbonyl (C=O) groups excluding carboxylic acids is 1. The molecule has 2 rings (SSSR count). The Morgan fingerprint density at radius 3 is 2.54 bits per heavy atom. The van der Waals surface area contributed by atoms with E-state index in [1.165, 1.54) is 56.6 Å². The van der Waals surface area contributed by atoms with Crippen molar-refractivity contribution in [1.82, 2.24) is 9.89 Å². The number of hydrazine groups is 1. The topological polar surface area (TPSA) is 131 Å². The number of rotatable bonds is 7. The summed E-state index contributed by atoms with van der Waals surface area (Å²) in [5, 5.41) is 11.0. The van der Waals surface area contributed by atoms with Gasteiger partial charge >= 0.3 is 0 Å². The number of nitrogens with one attached hydrogen (secondary N) is 2. The van der Waals surface area contributed by atoms with Crippen LogP contribution in [-0.4, -0.2) is 37.9 Å². The van der Waals surface area contributed by atoms with Crippen LogP contribution in [0, 0.1) is 10.1 Å². The minimum Gasteiger partial charge on any atom is -0.292 e. The number of anilines is 1. The third-order valence-corrected chi connectivity index (χ3v) is 5.08. The van der Waals surface area contributed by atoms with Gasteiger partial charge in [0.25, 0.3) is 21.6 Å². The molecule has 0 bridgehead atoms. The minimum atomic E-state index is -3.91. The van der Waals surface area contributed by atoms with E-state index in [4.69, 9.17) is 0 Å². The van der Waals surface area contributed by atoms with Crippen molar-refractivity contribution in [2.75, 3.05) is 19.6 Å². The fourth-order valence-corrected chi connectivity index (χ4v) is 3.00. The lowest BCUT2D eigenvalue weighted by Crippen LogP contribution is -2.30. The highest BCUT2D eigenvalue weighted by atomic mass is 32.2. The van der Waals surface area contributed by atoms with E-state index in [1.54, 1.807) is 6.07 Å². The zero-order valence-electron chi connectivity index (χ0n) is 13.9. The molecule has 0 atom stereocenters. The molecular formula is C15H16N4O6S. The second kappa shape index (κ2) is 7.91. The van der Waals surface area contributed by atoms with Gasteiger partial charge in [-0.3, -0.25) is 30.6 Å². The summed E-state index contributed by atoms with van der Waals surface area (Å²) in [4.78, 5) is 27.1. The van der Waals surface area contributed by atoms with Gasteiger partial charge in [-0.1, -0.05) is 22.7 Å². The highest BCUT2D eigenvalue weighted by Crippen LogP contribution is 2.22. The number of hydroxylamine groups is 1. The van der Waals surface area contributed by atoms with Crippen LogP contribution < -0.4 is 10.9 Å². The fraction of sp³-hybridized carbons (Fsp3) is 0.133. The lowest BCUT2D eigenvalue weighted by molar-refractivity contribution is -0.384. The molecule has 0 unspecified atom stereocenters. The average molecular weight is 380 g/mol. The molecule has 0 aromatic heterocycles. The molecule has 2 aromatic carbocycles. The fourth-order valence-electron chi connectivity index (χ4n) is 1.98. The van der Waals surface area contributed by atoms with Crippen LogP contribution in [-0.2, 0) is 14.9 Å². The number of sulfonamides is 1. The summed E-state index contributed by atoms with van der Waals surface area (Å²) in [5.74, 6) is -0.666. The monoisotopic (exact) mass is 380 g/mol. The molecule has 2 aromatic rings. The second-order valence-electron chi connectivity index (χ2n) is 4.98. The Labute approximate surface area is 149 Å². The van der Waals surface area contributed by atoms with Crippen molar-refractivity contribution in [2.45, 2.75) is 4.90 Å². The van der Waals surface area contributed by atoms with Gasteiger partial charge in [-0.2, -0.15) is 0 Å². The lowest BCUT2D eigenvalue weighted by atomic mass is 10.2. The predicted molar refractivity (Wildman–Crippen MR) is 92.6 cm³/mol. The number of benzene rings is 2. The van der Waals surface area contributed by atoms with Crippen LogP contribution in [0.4, 0.5) is 11.4 Å². The van der Waals surface area contributed by atoms with E-state index in [2.05, 4.69) is 15.7 Å². The number of hydrogen-bond donors (Lipinski definition) is 2. The van der Waals surface area contributed by atoms with E-state index in [0.29, 0.717) is 4.47 Å². The van der Waals surface area contributed by atoms with Gasteiger partial charge in [0.05, 0.1) is 16.9 Å². The van der Waals surface area contributed by atoms with Crippen molar-refractivity contribution in [2.24, 2.45) is 0 Å². The minimum absolute atomic E-state index is 0.0432. The maximum Gasteiger partial charge on any atom is 0.294 e. The zero-order valence-corrected chi connectivity index (χ0v) is 14.7. The quantitative estimate of drug-likeness (QED) is 0.550. The van der Waals surface area contributed by atoms with Crippen molar-refractivity contribution < 1.29 is 23.0 Å². The summed E-state index contributed by atoms with van der Waals surface area (Å²) >= 11 is 0. The number of nitro benzene ring substituents is 1. The predicted octanol–water partition coefficient (Wildman–Crippen LogP) is 1.53. The Hall–Kier alpha value is -3.02. The van der Waals surface area contributed by atoms with E-state index in [-0.39, 0.29) is 21.8 Å². The number of nitro groups is 1. The molecule has 0 fully saturated rings. The van der Waals surface area contributed by atoms with Gasteiger partial charge in [0.2, 0.25) is 0 Å². The van der Waals surface area contributed by atoms with E-state index in [9.17, 15) is 23.3 Å². The molecule has 0 aliphatic carbocycles. The molecule has 10 nitrogen and oxygen atoms in total. The van der Waals surface area contributed by atoms with Crippen LogP contribution in [0.2, 0.25) is 0 Å². The maximum absolute atomic E-state index is 12.2. The molecule has 11 heteroatoms. The Kier molecular flexibility index (Phi) is 5.87. The van der Waals surface area contributed by atoms with Gasteiger partial charge < -0.3 is 0 Å². The summed E-state index contributed by atoms with van der Waals surface area (Å²) in [6, 6.07) is 11.0. The normalized spacial score (nSPS) is 11.2. The van der Waals surface area contributed by atoms with Crippen LogP contribution in [0.3, 0.4) is 0 Å². The SMILES string of the molecule is CON(C)S(=O)(=O)c1cccc(C(=O)NNc2ccccc2[N+](=O)[O-])c1. The van der Waals surface area contributed by atoms with Crippen molar-refractivity contribution in [3.8, 4) is 0 Å². The van der Waals surface area contributed by atoms with E-state index in [1.807, 2.05) is 0 Å². The average Bonchev–Trinajstić information content (AvgIpc) is 2.65. The first-order valence-electron chi connectivity index (χ1n) is 7.20. The summed E-state index contributed by atoms with van der Waals surface area (Å²) < 4.78 is 25.1. The number of nitrogens with zero attached hydrogens (tertiary/aromatic N) is 2. The van der Waals surface area contributed by atoms with Crippen LogP contribution >= 0.6 is 0 Å². The van der Waals surface area contributed by atoms with E-state index < -0.39 is 20.9 Å². The van der Waals surface area contributed by atoms with Crippen LogP contribution in [0.5, 0.6) is 0 Å². The van der Waals surface area contributed by atoms with E-state index in [0.717, 1.165) is 0 Å². The molecule has 1 amide bonds. The first kappa shape index (κ1) is 19.3. The Morgan fingerprint density at radius 1 is 1.19 bits per heavy atom. The van der Waals surface area contributed by atoms with Crippen LogP contribution in [0.25, 0.3) is 0 Å². The summed E-state index contributed by atoms with van der Waals surface area (Å²) in [6.45, 7) is 0. The van der Waals surface area contributed by atoms with Gasteiger partial charge in [0.15, 0.2) is 0 Å². The lowest BCUT2D eigenvalue weighted by Gasteiger charge is -2.14. The van der Waals surface area contributed by atoms with Crippen LogP contribution in [0.1, 0.15) is 10.4 Å². The molecule has 138 valence electrons. The summed E-state index contributed by atoms with van der Waals surface area (Å²) in [5.41, 5.74) is 4.68. The first-order chi connectivity index (χ1) is 12.3. The third-order valence-electron chi connectivity index (χ3n) is 3.40. The third kappa shape index (κ3) is 4.14. The Morgan fingerprint density at radius 2 is 1.88 bits per heavy atom. The molecule has 0 radical (unpaired) electrons. The molecule has 26 heavy (non-hydrogen) atoms. The van der Waals surface area contributed by atoms with Crippen molar-refractivity contribution >= 4 is 27.3 Å². The highest BCUT2D eigenvalue weighted by Gasteiger charge is 2.22. The second-order valence-corrected chi connectivity index (χ2v) is 6.91. The molecule has 0 spiro atoms. The Balaban J connectivity index is 2.19. The first-order valence-corrected chi connectivity index (χ1v) is 8.64. The maximum atomic E-state index is 12.2. The molecule has 0 saturated heterocycles. The van der Waals surface area contributed by atoms with Gasteiger partial charge in [0, 0.05) is 18.7 Å². The van der Waals surface area contributed by atoms with Gasteiger partial charge in [0.1, 0.15) is 5.69 Å². The molecule has 2 N–H and O–H groups in total. The van der Waals surface area contributed by atoms with E-state index >= 15 is 0 Å². The largest absolute Gasteiger partial charge is 0.294 e. The zero-order chi connectivity index (χ0) is 19.3.